The highest BCUT2D eigenvalue weighted by Crippen LogP contribution is 2.23. The second-order valence-corrected chi connectivity index (χ2v) is 3.16. The minimum Gasteiger partial charge on any atom is -0.489 e. The van der Waals surface area contributed by atoms with Crippen molar-refractivity contribution in [3.63, 3.8) is 0 Å². The van der Waals surface area contributed by atoms with Gasteiger partial charge in [0.25, 0.3) is 0 Å². The SMILES string of the molecule is C=CCOc1cc(C[O])cc(OCC=C)c1. The van der Waals surface area contributed by atoms with Crippen LogP contribution in [0.5, 0.6) is 11.5 Å². The van der Waals surface area contributed by atoms with E-state index in [0.29, 0.717) is 30.3 Å². The Balaban J connectivity index is 2.81. The Bertz CT molecular complexity index is 328. The van der Waals surface area contributed by atoms with Gasteiger partial charge in [-0.2, -0.15) is 0 Å². The average Bonchev–Trinajstić information content (AvgIpc) is 2.33. The number of hydrogen-bond donors (Lipinski definition) is 0. The molecule has 1 radical (unpaired) electrons. The number of ether oxygens (including phenoxy) is 2. The van der Waals surface area contributed by atoms with Crippen molar-refractivity contribution in [3.8, 4) is 11.5 Å². The lowest BCUT2D eigenvalue weighted by molar-refractivity contribution is 0.176. The lowest BCUT2D eigenvalue weighted by atomic mass is 10.2. The highest BCUT2D eigenvalue weighted by molar-refractivity contribution is 5.38. The Morgan fingerprint density at radius 1 is 1.00 bits per heavy atom. The highest BCUT2D eigenvalue weighted by Gasteiger charge is 2.02. The van der Waals surface area contributed by atoms with E-state index in [-0.39, 0.29) is 6.61 Å². The summed E-state index contributed by atoms with van der Waals surface area (Å²) < 4.78 is 10.7. The summed E-state index contributed by atoms with van der Waals surface area (Å²) in [6.45, 7) is 7.63. The van der Waals surface area contributed by atoms with Gasteiger partial charge < -0.3 is 9.47 Å². The van der Waals surface area contributed by atoms with Gasteiger partial charge in [0.15, 0.2) is 0 Å². The fourth-order valence-electron chi connectivity index (χ4n) is 1.19. The molecule has 0 heterocycles. The zero-order valence-electron chi connectivity index (χ0n) is 9.15. The summed E-state index contributed by atoms with van der Waals surface area (Å²) in [5, 5.41) is 10.8. The molecule has 0 atom stereocenters. The molecule has 3 nitrogen and oxygen atoms in total. The maximum absolute atomic E-state index is 10.8. The van der Waals surface area contributed by atoms with Crippen molar-refractivity contribution in [2.75, 3.05) is 13.2 Å². The molecule has 85 valence electrons. The summed E-state index contributed by atoms with van der Waals surface area (Å²) in [5.41, 5.74) is 0.639. The first-order chi connectivity index (χ1) is 7.80. The lowest BCUT2D eigenvalue weighted by Gasteiger charge is -2.09. The summed E-state index contributed by atoms with van der Waals surface area (Å²) in [6.07, 6.45) is 3.29. The van der Waals surface area contributed by atoms with Crippen LogP contribution >= 0.6 is 0 Å². The van der Waals surface area contributed by atoms with Crippen LogP contribution in [0.15, 0.2) is 43.5 Å². The topological polar surface area (TPSA) is 38.4 Å². The van der Waals surface area contributed by atoms with Crippen molar-refractivity contribution in [3.05, 3.63) is 49.1 Å². The van der Waals surface area contributed by atoms with Crippen LogP contribution in [0.3, 0.4) is 0 Å². The van der Waals surface area contributed by atoms with Crippen molar-refractivity contribution < 1.29 is 14.6 Å². The molecule has 0 aliphatic heterocycles. The summed E-state index contributed by atoms with van der Waals surface area (Å²) in [6, 6.07) is 5.15. The van der Waals surface area contributed by atoms with E-state index in [1.807, 2.05) is 0 Å². The van der Waals surface area contributed by atoms with Gasteiger partial charge in [0.05, 0.1) is 0 Å². The van der Waals surface area contributed by atoms with E-state index < -0.39 is 0 Å². The molecule has 1 aromatic rings. The zero-order chi connectivity index (χ0) is 11.8. The van der Waals surface area contributed by atoms with Gasteiger partial charge in [0.1, 0.15) is 31.3 Å². The van der Waals surface area contributed by atoms with Crippen LogP contribution in [0.25, 0.3) is 0 Å². The Hall–Kier alpha value is -1.74. The number of benzene rings is 1. The van der Waals surface area contributed by atoms with E-state index >= 15 is 0 Å². The van der Waals surface area contributed by atoms with Crippen LogP contribution in [-0.4, -0.2) is 13.2 Å². The third-order valence-corrected chi connectivity index (χ3v) is 1.84. The van der Waals surface area contributed by atoms with Gasteiger partial charge in [-0.25, -0.2) is 5.11 Å². The molecule has 0 unspecified atom stereocenters. The first-order valence-corrected chi connectivity index (χ1v) is 4.99. The van der Waals surface area contributed by atoms with Gasteiger partial charge in [0.2, 0.25) is 0 Å². The molecule has 0 bridgehead atoms. The highest BCUT2D eigenvalue weighted by atomic mass is 16.5. The van der Waals surface area contributed by atoms with Crippen molar-refractivity contribution in [1.29, 1.82) is 0 Å². The van der Waals surface area contributed by atoms with Crippen LogP contribution < -0.4 is 9.47 Å². The molecule has 0 saturated carbocycles. The number of hydrogen-bond acceptors (Lipinski definition) is 2. The molecule has 0 saturated heterocycles. The molecule has 0 fully saturated rings. The second-order valence-electron chi connectivity index (χ2n) is 3.16. The Morgan fingerprint density at radius 3 is 1.88 bits per heavy atom. The van der Waals surface area contributed by atoms with Gasteiger partial charge in [0, 0.05) is 6.07 Å². The standard InChI is InChI=1S/C13H15O3/c1-3-5-15-12-7-11(10-14)8-13(9-12)16-6-4-2/h3-4,7-9H,1-2,5-6,10H2. The molecule has 3 heteroatoms. The first kappa shape index (κ1) is 12.3. The predicted octanol–water partition coefficient (Wildman–Crippen LogP) is 2.75. The third kappa shape index (κ3) is 3.79. The number of rotatable bonds is 7. The first-order valence-electron chi connectivity index (χ1n) is 4.99. The van der Waals surface area contributed by atoms with Gasteiger partial charge >= 0.3 is 0 Å². The molecular formula is C13H15O3. The summed E-state index contributed by atoms with van der Waals surface area (Å²) >= 11 is 0. The Labute approximate surface area is 95.6 Å². The van der Waals surface area contributed by atoms with E-state index in [2.05, 4.69) is 13.2 Å². The molecule has 1 rings (SSSR count). The summed E-state index contributed by atoms with van der Waals surface area (Å²) in [7, 11) is 0. The van der Waals surface area contributed by atoms with Crippen molar-refractivity contribution in [2.24, 2.45) is 0 Å². The van der Waals surface area contributed by atoms with E-state index in [9.17, 15) is 5.11 Å². The third-order valence-electron chi connectivity index (χ3n) is 1.84. The Kier molecular flexibility index (Phi) is 5.16. The second kappa shape index (κ2) is 6.69. The predicted molar refractivity (Wildman–Crippen MR) is 62.2 cm³/mol. The fraction of sp³-hybridized carbons (Fsp3) is 0.231. The lowest BCUT2D eigenvalue weighted by Crippen LogP contribution is -1.97. The minimum atomic E-state index is -0.296. The van der Waals surface area contributed by atoms with E-state index in [1.54, 1.807) is 30.4 Å². The largest absolute Gasteiger partial charge is 0.489 e. The summed E-state index contributed by atoms with van der Waals surface area (Å²) in [5.74, 6) is 1.24. The summed E-state index contributed by atoms with van der Waals surface area (Å²) in [4.78, 5) is 0. The molecule has 0 N–H and O–H groups in total. The maximum atomic E-state index is 10.8. The molecule has 0 aromatic heterocycles. The zero-order valence-corrected chi connectivity index (χ0v) is 9.15. The van der Waals surface area contributed by atoms with E-state index in [0.717, 1.165) is 0 Å². The average molecular weight is 219 g/mol. The normalized spacial score (nSPS) is 9.56. The molecule has 1 aromatic carbocycles. The molecule has 0 aliphatic carbocycles. The van der Waals surface area contributed by atoms with Crippen LogP contribution in [-0.2, 0) is 11.7 Å². The minimum absolute atomic E-state index is 0.296. The molecule has 0 amide bonds. The van der Waals surface area contributed by atoms with Crippen molar-refractivity contribution >= 4 is 0 Å². The molecule has 16 heavy (non-hydrogen) atoms. The Morgan fingerprint density at radius 2 is 1.50 bits per heavy atom. The van der Waals surface area contributed by atoms with Gasteiger partial charge in [-0.15, -0.1) is 0 Å². The smallest absolute Gasteiger partial charge is 0.123 e. The van der Waals surface area contributed by atoms with Gasteiger partial charge in [-0.1, -0.05) is 25.3 Å². The van der Waals surface area contributed by atoms with E-state index in [1.165, 1.54) is 0 Å². The van der Waals surface area contributed by atoms with Gasteiger partial charge in [-0.3, -0.25) is 0 Å². The van der Waals surface area contributed by atoms with E-state index in [4.69, 9.17) is 9.47 Å². The van der Waals surface area contributed by atoms with Crippen molar-refractivity contribution in [2.45, 2.75) is 6.61 Å². The van der Waals surface area contributed by atoms with Crippen LogP contribution in [0, 0.1) is 0 Å². The van der Waals surface area contributed by atoms with Crippen molar-refractivity contribution in [1.82, 2.24) is 0 Å². The van der Waals surface area contributed by atoms with Crippen LogP contribution in [0.1, 0.15) is 5.56 Å². The molecule has 0 spiro atoms. The quantitative estimate of drug-likeness (QED) is 0.661. The fourth-order valence-corrected chi connectivity index (χ4v) is 1.19. The van der Waals surface area contributed by atoms with Crippen LogP contribution in [0.2, 0.25) is 0 Å². The molecular weight excluding hydrogens is 204 g/mol. The maximum Gasteiger partial charge on any atom is 0.123 e. The molecule has 0 aliphatic rings. The monoisotopic (exact) mass is 219 g/mol. The van der Waals surface area contributed by atoms with Gasteiger partial charge in [-0.05, 0) is 17.7 Å². The van der Waals surface area contributed by atoms with Crippen LogP contribution in [0.4, 0.5) is 0 Å².